The van der Waals surface area contributed by atoms with Crippen LogP contribution in [-0.2, 0) is 6.54 Å². The molecule has 1 aliphatic heterocycles. The summed E-state index contributed by atoms with van der Waals surface area (Å²) >= 11 is 0. The molecule has 1 atom stereocenters. The Labute approximate surface area is 72.8 Å². The molecule has 3 nitrogen and oxygen atoms in total. The van der Waals surface area contributed by atoms with Gasteiger partial charge < -0.3 is 9.88 Å². The standard InChI is InChI=1S/C9H15N3/c1-8-5-10-7-12(8)6-9-3-2-4-11-9/h5,7,9,11H,2-4,6H2,1H3. The van der Waals surface area contributed by atoms with Crippen LogP contribution in [0.15, 0.2) is 12.5 Å². The number of hydrogen-bond acceptors (Lipinski definition) is 2. The average Bonchev–Trinajstić information content (AvgIpc) is 2.65. The zero-order valence-electron chi connectivity index (χ0n) is 7.45. The molecule has 1 saturated heterocycles. The molecular weight excluding hydrogens is 150 g/mol. The molecule has 0 saturated carbocycles. The van der Waals surface area contributed by atoms with Crippen LogP contribution >= 0.6 is 0 Å². The van der Waals surface area contributed by atoms with E-state index < -0.39 is 0 Å². The van der Waals surface area contributed by atoms with Crippen LogP contribution in [0, 0.1) is 6.92 Å². The maximum Gasteiger partial charge on any atom is 0.0948 e. The third-order valence-electron chi connectivity index (χ3n) is 2.50. The van der Waals surface area contributed by atoms with Gasteiger partial charge in [-0.3, -0.25) is 0 Å². The van der Waals surface area contributed by atoms with Gasteiger partial charge >= 0.3 is 0 Å². The summed E-state index contributed by atoms with van der Waals surface area (Å²) in [5.74, 6) is 0. The van der Waals surface area contributed by atoms with E-state index in [9.17, 15) is 0 Å². The molecule has 0 radical (unpaired) electrons. The molecule has 1 unspecified atom stereocenters. The smallest absolute Gasteiger partial charge is 0.0948 e. The van der Waals surface area contributed by atoms with Gasteiger partial charge in [0.05, 0.1) is 6.33 Å². The second kappa shape index (κ2) is 3.27. The molecule has 0 bridgehead atoms. The van der Waals surface area contributed by atoms with Gasteiger partial charge in [-0.15, -0.1) is 0 Å². The fraction of sp³-hybridized carbons (Fsp3) is 0.667. The summed E-state index contributed by atoms with van der Waals surface area (Å²) in [6.07, 6.45) is 6.44. The third-order valence-corrected chi connectivity index (χ3v) is 2.50. The van der Waals surface area contributed by atoms with Crippen molar-refractivity contribution in [3.63, 3.8) is 0 Å². The van der Waals surface area contributed by atoms with Gasteiger partial charge in [-0.25, -0.2) is 4.98 Å². The molecule has 12 heavy (non-hydrogen) atoms. The Balaban J connectivity index is 1.98. The number of aromatic nitrogens is 2. The Hall–Kier alpha value is -0.830. The Morgan fingerprint density at radius 3 is 3.25 bits per heavy atom. The van der Waals surface area contributed by atoms with Crippen molar-refractivity contribution in [2.24, 2.45) is 0 Å². The molecule has 1 N–H and O–H groups in total. The van der Waals surface area contributed by atoms with Crippen LogP contribution < -0.4 is 5.32 Å². The van der Waals surface area contributed by atoms with Crippen molar-refractivity contribution < 1.29 is 0 Å². The molecule has 1 fully saturated rings. The molecule has 0 spiro atoms. The Morgan fingerprint density at radius 1 is 1.75 bits per heavy atom. The van der Waals surface area contributed by atoms with E-state index >= 15 is 0 Å². The lowest BCUT2D eigenvalue weighted by Gasteiger charge is -2.11. The number of rotatable bonds is 2. The van der Waals surface area contributed by atoms with E-state index in [-0.39, 0.29) is 0 Å². The van der Waals surface area contributed by atoms with Gasteiger partial charge in [0, 0.05) is 24.5 Å². The highest BCUT2D eigenvalue weighted by Gasteiger charge is 2.14. The Kier molecular flexibility index (Phi) is 2.13. The van der Waals surface area contributed by atoms with Crippen LogP contribution in [0.5, 0.6) is 0 Å². The highest BCUT2D eigenvalue weighted by Crippen LogP contribution is 2.08. The number of aryl methyl sites for hydroxylation is 1. The number of hydrogen-bond donors (Lipinski definition) is 1. The third kappa shape index (κ3) is 1.50. The van der Waals surface area contributed by atoms with E-state index in [0.717, 1.165) is 6.54 Å². The van der Waals surface area contributed by atoms with Gasteiger partial charge in [0.2, 0.25) is 0 Å². The van der Waals surface area contributed by atoms with Crippen LogP contribution in [0.3, 0.4) is 0 Å². The van der Waals surface area contributed by atoms with Crippen LogP contribution in [0.25, 0.3) is 0 Å². The second-order valence-electron chi connectivity index (χ2n) is 3.48. The first kappa shape index (κ1) is 7.80. The fourth-order valence-electron chi connectivity index (χ4n) is 1.73. The predicted octanol–water partition coefficient (Wildman–Crippen LogP) is 0.944. The highest BCUT2D eigenvalue weighted by atomic mass is 15.1. The largest absolute Gasteiger partial charge is 0.333 e. The van der Waals surface area contributed by atoms with Gasteiger partial charge in [-0.1, -0.05) is 0 Å². The van der Waals surface area contributed by atoms with E-state index in [2.05, 4.69) is 21.8 Å². The van der Waals surface area contributed by atoms with Crippen molar-refractivity contribution in [3.05, 3.63) is 18.2 Å². The summed E-state index contributed by atoms with van der Waals surface area (Å²) in [6.45, 7) is 4.35. The van der Waals surface area contributed by atoms with Gasteiger partial charge in [0.1, 0.15) is 0 Å². The molecular formula is C9H15N3. The number of nitrogens with one attached hydrogen (secondary N) is 1. The average molecular weight is 165 g/mol. The van der Waals surface area contributed by atoms with Crippen molar-refractivity contribution in [3.8, 4) is 0 Å². The summed E-state index contributed by atoms with van der Waals surface area (Å²) in [7, 11) is 0. The fourth-order valence-corrected chi connectivity index (χ4v) is 1.73. The SMILES string of the molecule is Cc1cncn1CC1CCCN1. The van der Waals surface area contributed by atoms with Crippen LogP contribution in [0.4, 0.5) is 0 Å². The van der Waals surface area contributed by atoms with Crippen LogP contribution in [0.2, 0.25) is 0 Å². The van der Waals surface area contributed by atoms with Crippen molar-refractivity contribution in [2.75, 3.05) is 6.54 Å². The summed E-state index contributed by atoms with van der Waals surface area (Å²) in [4.78, 5) is 4.10. The lowest BCUT2D eigenvalue weighted by atomic mass is 10.2. The quantitative estimate of drug-likeness (QED) is 0.707. The zero-order valence-corrected chi connectivity index (χ0v) is 7.45. The molecule has 0 amide bonds. The lowest BCUT2D eigenvalue weighted by Crippen LogP contribution is -2.26. The first-order valence-electron chi connectivity index (χ1n) is 4.56. The van der Waals surface area contributed by atoms with Crippen molar-refractivity contribution >= 4 is 0 Å². The minimum atomic E-state index is 0.665. The molecule has 2 heterocycles. The van der Waals surface area contributed by atoms with Gasteiger partial charge in [0.15, 0.2) is 0 Å². The van der Waals surface area contributed by atoms with E-state index in [0.29, 0.717) is 6.04 Å². The normalized spacial score (nSPS) is 23.2. The minimum absolute atomic E-state index is 0.665. The van der Waals surface area contributed by atoms with Crippen LogP contribution in [-0.4, -0.2) is 22.1 Å². The van der Waals surface area contributed by atoms with Gasteiger partial charge in [-0.2, -0.15) is 0 Å². The molecule has 1 aliphatic rings. The van der Waals surface area contributed by atoms with E-state index in [1.54, 1.807) is 0 Å². The van der Waals surface area contributed by atoms with Crippen LogP contribution in [0.1, 0.15) is 18.5 Å². The van der Waals surface area contributed by atoms with Crippen molar-refractivity contribution in [1.29, 1.82) is 0 Å². The van der Waals surface area contributed by atoms with E-state index in [4.69, 9.17) is 0 Å². The summed E-state index contributed by atoms with van der Waals surface area (Å²) in [5.41, 5.74) is 1.25. The topological polar surface area (TPSA) is 29.9 Å². The molecule has 0 aromatic carbocycles. The van der Waals surface area contributed by atoms with Crippen molar-refractivity contribution in [2.45, 2.75) is 32.4 Å². The highest BCUT2D eigenvalue weighted by molar-refractivity contribution is 4.95. The summed E-state index contributed by atoms with van der Waals surface area (Å²) in [5, 5.41) is 3.47. The van der Waals surface area contributed by atoms with Gasteiger partial charge in [0.25, 0.3) is 0 Å². The Morgan fingerprint density at radius 2 is 2.67 bits per heavy atom. The monoisotopic (exact) mass is 165 g/mol. The van der Waals surface area contributed by atoms with E-state index in [1.807, 2.05) is 12.5 Å². The molecule has 66 valence electrons. The molecule has 2 rings (SSSR count). The lowest BCUT2D eigenvalue weighted by molar-refractivity contribution is 0.503. The zero-order chi connectivity index (χ0) is 8.39. The molecule has 1 aromatic heterocycles. The molecule has 1 aromatic rings. The second-order valence-corrected chi connectivity index (χ2v) is 3.48. The molecule has 3 heteroatoms. The summed E-state index contributed by atoms with van der Waals surface area (Å²) in [6, 6.07) is 0.665. The van der Waals surface area contributed by atoms with E-state index in [1.165, 1.54) is 25.1 Å². The first-order chi connectivity index (χ1) is 5.86. The van der Waals surface area contributed by atoms with Crippen molar-refractivity contribution in [1.82, 2.24) is 14.9 Å². The first-order valence-corrected chi connectivity index (χ1v) is 4.56. The van der Waals surface area contributed by atoms with Gasteiger partial charge in [-0.05, 0) is 26.3 Å². The predicted molar refractivity (Wildman–Crippen MR) is 48.0 cm³/mol. The maximum atomic E-state index is 4.10. The number of imidazole rings is 1. The number of nitrogens with zero attached hydrogens (tertiary/aromatic N) is 2. The maximum absolute atomic E-state index is 4.10. The minimum Gasteiger partial charge on any atom is -0.333 e. The Bertz CT molecular complexity index is 248. The summed E-state index contributed by atoms with van der Waals surface area (Å²) < 4.78 is 2.21. The molecule has 0 aliphatic carbocycles.